The second-order valence-corrected chi connectivity index (χ2v) is 8.39. The number of carbonyl (C=O) groups excluding carboxylic acids is 3. The number of methoxy groups -OCH3 is 1. The topological polar surface area (TPSA) is 127 Å². The summed E-state index contributed by atoms with van der Waals surface area (Å²) >= 11 is 0. The molecule has 0 unspecified atom stereocenters. The second kappa shape index (κ2) is 11.9. The maximum absolute atomic E-state index is 12.9. The summed E-state index contributed by atoms with van der Waals surface area (Å²) in [6.45, 7) is 9.20. The molecule has 35 heavy (non-hydrogen) atoms. The van der Waals surface area contributed by atoms with Crippen molar-refractivity contribution < 1.29 is 47.9 Å². The van der Waals surface area contributed by atoms with Crippen LogP contribution in [0.15, 0.2) is 23.8 Å². The van der Waals surface area contributed by atoms with Crippen LogP contribution in [-0.2, 0) is 28.6 Å². The van der Waals surface area contributed by atoms with E-state index in [-0.39, 0.29) is 13.2 Å². The molecule has 1 aliphatic heterocycles. The largest absolute Gasteiger partial charge is 0.493 e. The molecule has 1 N–H and O–H groups in total. The molecule has 2 rings (SSSR count). The Morgan fingerprint density at radius 1 is 1.17 bits per heavy atom. The predicted molar refractivity (Wildman–Crippen MR) is 124 cm³/mol. The maximum atomic E-state index is 12.9. The fourth-order valence-corrected chi connectivity index (χ4v) is 3.17. The van der Waals surface area contributed by atoms with Gasteiger partial charge in [0.2, 0.25) is 12.5 Å². The van der Waals surface area contributed by atoms with Crippen LogP contribution in [0.5, 0.6) is 17.2 Å². The van der Waals surface area contributed by atoms with Crippen molar-refractivity contribution in [3.05, 3.63) is 29.3 Å². The van der Waals surface area contributed by atoms with Gasteiger partial charge in [0.25, 0.3) is 0 Å². The summed E-state index contributed by atoms with van der Waals surface area (Å²) in [5.41, 5.74) is -1.37. The first-order chi connectivity index (χ1) is 16.5. The fourth-order valence-electron chi connectivity index (χ4n) is 3.17. The van der Waals surface area contributed by atoms with Crippen molar-refractivity contribution >= 4 is 17.9 Å². The summed E-state index contributed by atoms with van der Waals surface area (Å²) in [5.74, 6) is -1.07. The van der Waals surface area contributed by atoms with Gasteiger partial charge in [0.05, 0.1) is 7.11 Å². The van der Waals surface area contributed by atoms with E-state index in [1.807, 2.05) is 6.92 Å². The van der Waals surface area contributed by atoms with Crippen LogP contribution >= 0.6 is 0 Å². The molecule has 0 bridgehead atoms. The van der Waals surface area contributed by atoms with Crippen LogP contribution < -0.4 is 14.2 Å². The molecule has 10 nitrogen and oxygen atoms in total. The Balaban J connectivity index is 2.32. The highest BCUT2D eigenvalue weighted by Crippen LogP contribution is 2.44. The number of benzene rings is 1. The van der Waals surface area contributed by atoms with E-state index in [4.69, 9.17) is 28.4 Å². The maximum Gasteiger partial charge on any atom is 0.342 e. The van der Waals surface area contributed by atoms with Gasteiger partial charge < -0.3 is 33.5 Å². The van der Waals surface area contributed by atoms with E-state index in [0.29, 0.717) is 34.8 Å². The smallest absolute Gasteiger partial charge is 0.342 e. The van der Waals surface area contributed by atoms with Gasteiger partial charge >= 0.3 is 17.9 Å². The van der Waals surface area contributed by atoms with Crippen LogP contribution in [0.25, 0.3) is 0 Å². The summed E-state index contributed by atoms with van der Waals surface area (Å²) < 4.78 is 32.6. The van der Waals surface area contributed by atoms with E-state index in [1.54, 1.807) is 32.1 Å². The zero-order chi connectivity index (χ0) is 26.3. The van der Waals surface area contributed by atoms with Crippen molar-refractivity contribution in [2.24, 2.45) is 0 Å². The highest BCUT2D eigenvalue weighted by molar-refractivity contribution is 5.88. The van der Waals surface area contributed by atoms with Gasteiger partial charge in [-0.2, -0.15) is 0 Å². The van der Waals surface area contributed by atoms with Gasteiger partial charge in [0.15, 0.2) is 23.2 Å². The van der Waals surface area contributed by atoms with Crippen LogP contribution in [0.4, 0.5) is 0 Å². The van der Waals surface area contributed by atoms with Crippen LogP contribution in [0.2, 0.25) is 0 Å². The van der Waals surface area contributed by atoms with E-state index in [9.17, 15) is 19.5 Å². The molecule has 4 atom stereocenters. The molecule has 0 radical (unpaired) electrons. The number of carbonyl (C=O) groups is 3. The number of aliphatic hydroxyl groups is 1. The molecular weight excluding hydrogens is 460 g/mol. The molecule has 0 spiro atoms. The van der Waals surface area contributed by atoms with E-state index in [0.717, 1.165) is 0 Å². The highest BCUT2D eigenvalue weighted by Gasteiger charge is 2.43. The van der Waals surface area contributed by atoms with E-state index >= 15 is 0 Å². The minimum Gasteiger partial charge on any atom is -0.493 e. The number of rotatable bonds is 11. The van der Waals surface area contributed by atoms with Gasteiger partial charge in [-0.3, -0.25) is 4.79 Å². The van der Waals surface area contributed by atoms with Crippen LogP contribution in [-0.4, -0.2) is 54.7 Å². The standard InChI is InChI=1S/C25H34O10/c1-8-10-20(26)34-16(5)25(6,29)24(28)33-15(4)21(35-23(27)14(3)9-2)17-11-18(30-7)22-19(12-17)31-13-32-22/h9,11-12,15-16,21,29H,8,10,13H2,1-7H3/t15-,16-,21-,25+/m0/s1. The second-order valence-electron chi connectivity index (χ2n) is 8.39. The van der Waals surface area contributed by atoms with Crippen molar-refractivity contribution in [3.8, 4) is 17.2 Å². The lowest BCUT2D eigenvalue weighted by molar-refractivity contribution is -0.193. The molecule has 0 aromatic heterocycles. The SMILES string of the molecule is CC=C(C)C(=O)O[C@H](c1cc(OC)c2c(c1)OCO2)[C@H](C)OC(=O)[C@](C)(O)[C@H](C)OC(=O)CCC. The molecule has 1 aliphatic rings. The molecule has 0 aliphatic carbocycles. The monoisotopic (exact) mass is 494 g/mol. The van der Waals surface area contributed by atoms with Gasteiger partial charge in [-0.25, -0.2) is 9.59 Å². The Morgan fingerprint density at radius 3 is 2.46 bits per heavy atom. The minimum absolute atomic E-state index is 0.000667. The Morgan fingerprint density at radius 2 is 1.86 bits per heavy atom. The van der Waals surface area contributed by atoms with Crippen LogP contribution in [0, 0.1) is 0 Å². The number of esters is 3. The van der Waals surface area contributed by atoms with Crippen molar-refractivity contribution in [1.82, 2.24) is 0 Å². The van der Waals surface area contributed by atoms with Crippen LogP contribution in [0.1, 0.15) is 66.1 Å². The zero-order valence-corrected chi connectivity index (χ0v) is 21.2. The van der Waals surface area contributed by atoms with Gasteiger partial charge in [-0.05, 0) is 53.2 Å². The normalized spacial score (nSPS) is 17.0. The van der Waals surface area contributed by atoms with Crippen molar-refractivity contribution in [2.75, 3.05) is 13.9 Å². The summed E-state index contributed by atoms with van der Waals surface area (Å²) in [5, 5.41) is 10.8. The van der Waals surface area contributed by atoms with Crippen molar-refractivity contribution in [2.45, 2.75) is 78.3 Å². The predicted octanol–water partition coefficient (Wildman–Crippen LogP) is 3.39. The molecule has 1 aromatic rings. The van der Waals surface area contributed by atoms with E-state index in [1.165, 1.54) is 27.9 Å². The summed E-state index contributed by atoms with van der Waals surface area (Å²) in [4.78, 5) is 37.3. The molecule has 0 amide bonds. The average Bonchev–Trinajstić information content (AvgIpc) is 3.29. The number of ether oxygens (including phenoxy) is 6. The molecule has 194 valence electrons. The third-order valence-electron chi connectivity index (χ3n) is 5.68. The van der Waals surface area contributed by atoms with E-state index < -0.39 is 41.8 Å². The van der Waals surface area contributed by atoms with Crippen molar-refractivity contribution in [3.63, 3.8) is 0 Å². The Bertz CT molecular complexity index is 965. The fraction of sp³-hybridized carbons (Fsp3) is 0.560. The van der Waals surface area contributed by atoms with E-state index in [2.05, 4.69) is 0 Å². The molecule has 0 saturated heterocycles. The molecule has 1 heterocycles. The number of hydrogen-bond acceptors (Lipinski definition) is 10. The third kappa shape index (κ3) is 6.66. The first-order valence-corrected chi connectivity index (χ1v) is 11.4. The van der Waals surface area contributed by atoms with Gasteiger partial charge in [0, 0.05) is 17.6 Å². The number of allylic oxidation sites excluding steroid dienone is 1. The molecule has 0 saturated carbocycles. The lowest BCUT2D eigenvalue weighted by Gasteiger charge is -2.31. The van der Waals surface area contributed by atoms with Gasteiger partial charge in [-0.1, -0.05) is 13.0 Å². The number of fused-ring (bicyclic) bond motifs is 1. The summed E-state index contributed by atoms with van der Waals surface area (Å²) in [6.07, 6.45) is -0.997. The quantitative estimate of drug-likeness (QED) is 0.278. The van der Waals surface area contributed by atoms with Crippen LogP contribution in [0.3, 0.4) is 0 Å². The lowest BCUT2D eigenvalue weighted by Crippen LogP contribution is -2.49. The van der Waals surface area contributed by atoms with Crippen molar-refractivity contribution in [1.29, 1.82) is 0 Å². The highest BCUT2D eigenvalue weighted by atomic mass is 16.7. The number of hydrogen-bond donors (Lipinski definition) is 1. The molecule has 0 fully saturated rings. The Kier molecular flexibility index (Phi) is 9.53. The Labute approximate surface area is 205 Å². The summed E-state index contributed by atoms with van der Waals surface area (Å²) in [7, 11) is 1.45. The average molecular weight is 495 g/mol. The minimum atomic E-state index is -2.14. The first-order valence-electron chi connectivity index (χ1n) is 11.4. The Hall–Kier alpha value is -3.27. The zero-order valence-electron chi connectivity index (χ0n) is 21.2. The lowest BCUT2D eigenvalue weighted by atomic mass is 9.99. The molecule has 1 aromatic carbocycles. The molecule has 10 heteroatoms. The first kappa shape index (κ1) is 28.0. The van der Waals surface area contributed by atoms with Gasteiger partial charge in [-0.15, -0.1) is 0 Å². The molecular formula is C25H34O10. The summed E-state index contributed by atoms with van der Waals surface area (Å²) in [6, 6.07) is 3.19. The third-order valence-corrected chi connectivity index (χ3v) is 5.68. The van der Waals surface area contributed by atoms with Gasteiger partial charge in [0.1, 0.15) is 12.2 Å².